The quantitative estimate of drug-likeness (QED) is 0.664. The van der Waals surface area contributed by atoms with E-state index in [1.807, 2.05) is 36.6 Å². The van der Waals surface area contributed by atoms with Crippen molar-refractivity contribution in [3.05, 3.63) is 80.5 Å². The number of urea groups is 1. The number of nitrogens with one attached hydrogen (secondary N) is 1. The van der Waals surface area contributed by atoms with Gasteiger partial charge in [0.1, 0.15) is 18.2 Å². The lowest BCUT2D eigenvalue weighted by atomic mass is 9.67. The number of hydrogen-bond acceptors (Lipinski definition) is 4. The zero-order valence-corrected chi connectivity index (χ0v) is 19.5. The molecule has 1 N–H and O–H groups in total. The SMILES string of the molecule is CC1C(F)=CC2(C)C3=C1NC(=O)CN3C(=O)N1C(c3cccs3)=NC(c3ccc(Cl)cc3)C12. The largest absolute Gasteiger partial charge is 0.330 e. The summed E-state index contributed by atoms with van der Waals surface area (Å²) in [6, 6.07) is 9.96. The van der Waals surface area contributed by atoms with Crippen LogP contribution in [0.3, 0.4) is 0 Å². The molecule has 1 aromatic carbocycles. The molecule has 6 nitrogen and oxygen atoms in total. The van der Waals surface area contributed by atoms with Gasteiger partial charge in [0.05, 0.1) is 28.1 Å². The molecule has 6 rings (SSSR count). The summed E-state index contributed by atoms with van der Waals surface area (Å²) in [6.07, 6.45) is 1.61. The second-order valence-corrected chi connectivity index (χ2v) is 10.3. The van der Waals surface area contributed by atoms with Gasteiger partial charge in [-0.05, 0) is 42.1 Å². The summed E-state index contributed by atoms with van der Waals surface area (Å²) in [6.45, 7) is 3.52. The summed E-state index contributed by atoms with van der Waals surface area (Å²) in [5.74, 6) is -0.743. The third-order valence-electron chi connectivity index (χ3n) is 6.97. The highest BCUT2D eigenvalue weighted by molar-refractivity contribution is 7.12. The van der Waals surface area contributed by atoms with E-state index in [0.717, 1.165) is 10.4 Å². The molecule has 4 atom stereocenters. The van der Waals surface area contributed by atoms with Crippen LogP contribution in [0, 0.1) is 11.3 Å². The van der Waals surface area contributed by atoms with Crippen molar-refractivity contribution in [2.24, 2.45) is 16.3 Å². The predicted octanol–water partition coefficient (Wildman–Crippen LogP) is 4.86. The molecule has 9 heteroatoms. The van der Waals surface area contributed by atoms with Gasteiger partial charge >= 0.3 is 6.03 Å². The monoisotopic (exact) mass is 482 g/mol. The minimum Gasteiger partial charge on any atom is -0.326 e. The van der Waals surface area contributed by atoms with Gasteiger partial charge in [0.15, 0.2) is 0 Å². The minimum atomic E-state index is -0.902. The number of amidine groups is 1. The summed E-state index contributed by atoms with van der Waals surface area (Å²) in [7, 11) is 0. The maximum atomic E-state index is 15.3. The lowest BCUT2D eigenvalue weighted by Gasteiger charge is -2.54. The highest BCUT2D eigenvalue weighted by Gasteiger charge is 2.61. The Morgan fingerprint density at radius 3 is 2.70 bits per heavy atom. The summed E-state index contributed by atoms with van der Waals surface area (Å²) in [5.41, 5.74) is 1.10. The van der Waals surface area contributed by atoms with Gasteiger partial charge in [-0.2, -0.15) is 0 Å². The smallest absolute Gasteiger partial charge is 0.326 e. The van der Waals surface area contributed by atoms with E-state index in [1.165, 1.54) is 16.2 Å². The van der Waals surface area contributed by atoms with Crippen LogP contribution < -0.4 is 5.32 Å². The highest BCUT2D eigenvalue weighted by atomic mass is 35.5. The second kappa shape index (κ2) is 7.01. The molecule has 0 saturated carbocycles. The number of hydrogen-bond donors (Lipinski definition) is 1. The zero-order valence-electron chi connectivity index (χ0n) is 17.9. The van der Waals surface area contributed by atoms with E-state index in [1.54, 1.807) is 30.0 Å². The molecule has 2 aromatic rings. The highest BCUT2D eigenvalue weighted by Crippen LogP contribution is 2.56. The number of aliphatic imine (C=N–C) groups is 1. The topological polar surface area (TPSA) is 65.0 Å². The van der Waals surface area contributed by atoms with Crippen molar-refractivity contribution in [3.8, 4) is 0 Å². The number of allylic oxidation sites excluding steroid dienone is 1. The molecule has 0 spiro atoms. The van der Waals surface area contributed by atoms with Crippen molar-refractivity contribution in [3.63, 3.8) is 0 Å². The Morgan fingerprint density at radius 2 is 2.00 bits per heavy atom. The van der Waals surface area contributed by atoms with Crippen molar-refractivity contribution in [2.75, 3.05) is 6.54 Å². The van der Waals surface area contributed by atoms with E-state index in [9.17, 15) is 9.59 Å². The number of carbonyl (C=O) groups is 2. The molecule has 4 unspecified atom stereocenters. The normalized spacial score (nSPS) is 30.6. The van der Waals surface area contributed by atoms with Gasteiger partial charge < -0.3 is 5.32 Å². The van der Waals surface area contributed by atoms with Crippen LogP contribution in [0.4, 0.5) is 9.18 Å². The molecule has 0 bridgehead atoms. The summed E-state index contributed by atoms with van der Waals surface area (Å²) in [4.78, 5) is 35.4. The average Bonchev–Trinajstić information content (AvgIpc) is 3.44. The summed E-state index contributed by atoms with van der Waals surface area (Å²) >= 11 is 7.61. The van der Waals surface area contributed by atoms with Crippen LogP contribution in [0.5, 0.6) is 0 Å². The third-order valence-corrected chi connectivity index (χ3v) is 8.08. The van der Waals surface area contributed by atoms with Crippen LogP contribution in [0.1, 0.15) is 30.3 Å². The summed E-state index contributed by atoms with van der Waals surface area (Å²) in [5, 5.41) is 5.38. The Kier molecular flexibility index (Phi) is 4.38. The van der Waals surface area contributed by atoms with Gasteiger partial charge in [0.2, 0.25) is 5.91 Å². The standard InChI is InChI=1S/C24H20ClFN4O2S/c1-12-15(26)10-24(2)20-18(12)27-17(31)11-29(20)23(32)30-21(24)19(13-5-7-14(25)8-6-13)28-22(30)16-4-3-9-33-16/h3-10,12,19,21H,11H2,1-2H3,(H,27,31). The van der Waals surface area contributed by atoms with Crippen molar-refractivity contribution in [1.29, 1.82) is 0 Å². The summed E-state index contributed by atoms with van der Waals surface area (Å²) < 4.78 is 15.3. The Hall–Kier alpha value is -2.97. The van der Waals surface area contributed by atoms with Crippen LogP contribution in [0.25, 0.3) is 0 Å². The number of halogens is 2. The average molecular weight is 483 g/mol. The number of nitrogens with zero attached hydrogens (tertiary/aromatic N) is 3. The molecular weight excluding hydrogens is 463 g/mol. The van der Waals surface area contributed by atoms with Gasteiger partial charge in [0.25, 0.3) is 0 Å². The number of rotatable bonds is 2. The molecule has 1 saturated heterocycles. The van der Waals surface area contributed by atoms with E-state index in [4.69, 9.17) is 16.6 Å². The van der Waals surface area contributed by atoms with E-state index in [0.29, 0.717) is 22.3 Å². The maximum Gasteiger partial charge on any atom is 0.330 e. The lowest BCUT2D eigenvalue weighted by molar-refractivity contribution is -0.122. The van der Waals surface area contributed by atoms with E-state index >= 15 is 4.39 Å². The first kappa shape index (κ1) is 20.6. The van der Waals surface area contributed by atoms with E-state index < -0.39 is 23.4 Å². The Labute approximate surface area is 199 Å². The van der Waals surface area contributed by atoms with Crippen LogP contribution in [-0.2, 0) is 4.79 Å². The number of benzene rings is 1. The Bertz CT molecular complexity index is 1290. The van der Waals surface area contributed by atoms with Gasteiger partial charge in [-0.3, -0.25) is 19.6 Å². The molecule has 4 aliphatic rings. The molecule has 168 valence electrons. The molecular formula is C24H20ClFN4O2S. The molecule has 0 radical (unpaired) electrons. The number of carbonyl (C=O) groups excluding carboxylic acids is 2. The van der Waals surface area contributed by atoms with Crippen LogP contribution in [0.15, 0.2) is 70.1 Å². The maximum absolute atomic E-state index is 15.3. The van der Waals surface area contributed by atoms with Crippen LogP contribution >= 0.6 is 22.9 Å². The number of fused-ring (bicyclic) bond motifs is 2. The van der Waals surface area contributed by atoms with Gasteiger partial charge in [-0.25, -0.2) is 9.18 Å². The lowest BCUT2D eigenvalue weighted by Crippen LogP contribution is -2.66. The predicted molar refractivity (Wildman–Crippen MR) is 124 cm³/mol. The molecule has 33 heavy (non-hydrogen) atoms. The van der Waals surface area contributed by atoms with E-state index in [-0.39, 0.29) is 24.3 Å². The van der Waals surface area contributed by atoms with Crippen molar-refractivity contribution >= 4 is 40.7 Å². The molecule has 3 aliphatic heterocycles. The zero-order chi connectivity index (χ0) is 23.1. The van der Waals surface area contributed by atoms with Gasteiger partial charge in [0, 0.05) is 16.6 Å². The fourth-order valence-corrected chi connectivity index (χ4v) is 6.34. The molecule has 1 aliphatic carbocycles. The number of thiophene rings is 1. The van der Waals surface area contributed by atoms with Crippen LogP contribution in [-0.4, -0.2) is 40.2 Å². The third kappa shape index (κ3) is 2.80. The fourth-order valence-electron chi connectivity index (χ4n) is 5.50. The molecule has 3 amide bonds. The van der Waals surface area contributed by atoms with Crippen LogP contribution in [0.2, 0.25) is 5.02 Å². The van der Waals surface area contributed by atoms with Gasteiger partial charge in [-0.15, -0.1) is 11.3 Å². The molecule has 1 fully saturated rings. The van der Waals surface area contributed by atoms with Gasteiger partial charge in [-0.1, -0.05) is 36.7 Å². The first-order chi connectivity index (χ1) is 15.8. The minimum absolute atomic E-state index is 0.109. The first-order valence-corrected chi connectivity index (χ1v) is 12.0. The van der Waals surface area contributed by atoms with Crippen molar-refractivity contribution < 1.29 is 14.0 Å². The molecule has 1 aromatic heterocycles. The molecule has 4 heterocycles. The second-order valence-electron chi connectivity index (χ2n) is 8.95. The Balaban J connectivity index is 1.61. The number of amides is 3. The first-order valence-electron chi connectivity index (χ1n) is 10.7. The van der Waals surface area contributed by atoms with E-state index in [2.05, 4.69) is 5.32 Å². The van der Waals surface area contributed by atoms with Crippen molar-refractivity contribution in [1.82, 2.24) is 15.1 Å². The Morgan fingerprint density at radius 1 is 1.24 bits per heavy atom. The van der Waals surface area contributed by atoms with Crippen molar-refractivity contribution in [2.45, 2.75) is 25.9 Å². The fraction of sp³-hybridized carbons (Fsp3) is 0.292.